The van der Waals surface area contributed by atoms with Crippen LogP contribution in [0.4, 0.5) is 0 Å². The van der Waals surface area contributed by atoms with Gasteiger partial charge in [0.15, 0.2) is 0 Å². The summed E-state index contributed by atoms with van der Waals surface area (Å²) in [4.78, 5) is 14.4. The van der Waals surface area contributed by atoms with Crippen LogP contribution in [0.15, 0.2) is 24.3 Å². The fourth-order valence-electron chi connectivity index (χ4n) is 3.13. The zero-order valence-electron chi connectivity index (χ0n) is 15.3. The van der Waals surface area contributed by atoms with E-state index in [0.717, 1.165) is 43.3 Å². The first kappa shape index (κ1) is 18.2. The highest BCUT2D eigenvalue weighted by Crippen LogP contribution is 2.21. The largest absolute Gasteiger partial charge is 0.497 e. The Kier molecular flexibility index (Phi) is 6.04. The maximum Gasteiger partial charge on any atom is 0.224 e. The zero-order valence-corrected chi connectivity index (χ0v) is 15.3. The lowest BCUT2D eigenvalue weighted by molar-refractivity contribution is -0.133. The third-order valence-electron chi connectivity index (χ3n) is 4.67. The molecule has 140 valence electrons. The van der Waals surface area contributed by atoms with Crippen molar-refractivity contribution in [3.63, 3.8) is 0 Å². The number of nitrogens with zero attached hydrogens (tertiary/aromatic N) is 5. The summed E-state index contributed by atoms with van der Waals surface area (Å²) >= 11 is 0. The molecule has 8 heteroatoms. The molecule has 1 saturated heterocycles. The molecule has 0 spiro atoms. The van der Waals surface area contributed by atoms with Crippen molar-refractivity contribution in [2.24, 2.45) is 5.92 Å². The van der Waals surface area contributed by atoms with Gasteiger partial charge in [-0.25, -0.2) is 4.68 Å². The number of tetrazole rings is 1. The Labute approximate surface area is 153 Å². The number of methoxy groups -OCH3 is 1. The van der Waals surface area contributed by atoms with Gasteiger partial charge in [0.05, 0.1) is 20.3 Å². The van der Waals surface area contributed by atoms with E-state index in [1.807, 2.05) is 36.1 Å². The van der Waals surface area contributed by atoms with Crippen LogP contribution in [0.2, 0.25) is 0 Å². The average Bonchev–Trinajstić information content (AvgIpc) is 3.10. The number of hydrogen-bond donors (Lipinski definition) is 0. The van der Waals surface area contributed by atoms with Gasteiger partial charge in [0.2, 0.25) is 5.91 Å². The molecule has 2 aromatic rings. The van der Waals surface area contributed by atoms with Crippen LogP contribution < -0.4 is 9.47 Å². The topological polar surface area (TPSA) is 82.4 Å². The Bertz CT molecular complexity index is 716. The van der Waals surface area contributed by atoms with E-state index in [9.17, 15) is 4.79 Å². The van der Waals surface area contributed by atoms with Crippen LogP contribution in [0.3, 0.4) is 0 Å². The van der Waals surface area contributed by atoms with Gasteiger partial charge in [-0.15, -0.1) is 5.10 Å². The summed E-state index contributed by atoms with van der Waals surface area (Å²) in [6.45, 7) is 4.51. The number of rotatable bonds is 7. The van der Waals surface area contributed by atoms with Gasteiger partial charge in [-0.3, -0.25) is 4.79 Å². The zero-order chi connectivity index (χ0) is 18.4. The van der Waals surface area contributed by atoms with Crippen LogP contribution in [0.5, 0.6) is 11.5 Å². The molecule has 8 nitrogen and oxygen atoms in total. The number of hydrogen-bond acceptors (Lipinski definition) is 6. The number of ether oxygens (including phenoxy) is 2. The van der Waals surface area contributed by atoms with Crippen molar-refractivity contribution in [2.45, 2.75) is 32.7 Å². The third kappa shape index (κ3) is 4.71. The van der Waals surface area contributed by atoms with Crippen LogP contribution in [-0.4, -0.2) is 57.8 Å². The van der Waals surface area contributed by atoms with E-state index in [2.05, 4.69) is 15.5 Å². The van der Waals surface area contributed by atoms with E-state index in [0.29, 0.717) is 25.5 Å². The lowest BCUT2D eigenvalue weighted by Gasteiger charge is -2.32. The summed E-state index contributed by atoms with van der Waals surface area (Å²) in [5, 5.41) is 11.3. The van der Waals surface area contributed by atoms with E-state index in [1.165, 1.54) is 0 Å². The molecule has 26 heavy (non-hydrogen) atoms. The SMILES string of the molecule is COc1ccc(OC[C@@H]2CCCN(C(=O)CCn3nnnc3C)C2)cc1. The van der Waals surface area contributed by atoms with Crippen molar-refractivity contribution in [1.82, 2.24) is 25.1 Å². The first-order valence-electron chi connectivity index (χ1n) is 8.93. The first-order chi connectivity index (χ1) is 12.7. The third-order valence-corrected chi connectivity index (χ3v) is 4.67. The van der Waals surface area contributed by atoms with E-state index >= 15 is 0 Å². The van der Waals surface area contributed by atoms with Crippen LogP contribution in [0.1, 0.15) is 25.1 Å². The molecule has 3 rings (SSSR count). The molecular weight excluding hydrogens is 334 g/mol. The molecule has 1 aliphatic heterocycles. The number of aromatic nitrogens is 4. The monoisotopic (exact) mass is 359 g/mol. The minimum Gasteiger partial charge on any atom is -0.497 e. The number of carbonyl (C=O) groups is 1. The summed E-state index contributed by atoms with van der Waals surface area (Å²) in [5.74, 6) is 2.86. The van der Waals surface area contributed by atoms with Gasteiger partial charge < -0.3 is 14.4 Å². The average molecular weight is 359 g/mol. The fraction of sp³-hybridized carbons (Fsp3) is 0.556. The number of carbonyl (C=O) groups excluding carboxylic acids is 1. The molecule has 1 aromatic heterocycles. The molecule has 0 N–H and O–H groups in total. The molecule has 2 heterocycles. The van der Waals surface area contributed by atoms with Gasteiger partial charge in [-0.2, -0.15) is 0 Å². The Balaban J connectivity index is 1.45. The molecular formula is C18H25N5O3. The quantitative estimate of drug-likeness (QED) is 0.748. The number of benzene rings is 1. The highest BCUT2D eigenvalue weighted by atomic mass is 16.5. The number of amides is 1. The second-order valence-corrected chi connectivity index (χ2v) is 6.53. The summed E-state index contributed by atoms with van der Waals surface area (Å²) in [7, 11) is 1.64. The molecule has 1 fully saturated rings. The van der Waals surface area contributed by atoms with E-state index in [4.69, 9.17) is 9.47 Å². The summed E-state index contributed by atoms with van der Waals surface area (Å²) < 4.78 is 12.7. The highest BCUT2D eigenvalue weighted by molar-refractivity contribution is 5.76. The van der Waals surface area contributed by atoms with Crippen LogP contribution in [0.25, 0.3) is 0 Å². The van der Waals surface area contributed by atoms with Crippen LogP contribution >= 0.6 is 0 Å². The van der Waals surface area contributed by atoms with E-state index in [1.54, 1.807) is 11.8 Å². The Morgan fingerprint density at radius 3 is 2.73 bits per heavy atom. The van der Waals surface area contributed by atoms with Gasteiger partial charge in [0, 0.05) is 25.4 Å². The standard InChI is InChI=1S/C18H25N5O3/c1-14-19-20-21-23(14)11-9-18(24)22-10-3-4-15(12-22)13-26-17-7-5-16(25-2)6-8-17/h5-8,15H,3-4,9-13H2,1-2H3/t15-/m1/s1. The van der Waals surface area contributed by atoms with Gasteiger partial charge in [-0.05, 0) is 54.5 Å². The maximum atomic E-state index is 12.5. The molecule has 0 radical (unpaired) electrons. The molecule has 1 aromatic carbocycles. The highest BCUT2D eigenvalue weighted by Gasteiger charge is 2.24. The molecule has 0 unspecified atom stereocenters. The van der Waals surface area contributed by atoms with Gasteiger partial charge in [0.25, 0.3) is 0 Å². The molecule has 1 aliphatic rings. The first-order valence-corrected chi connectivity index (χ1v) is 8.93. The smallest absolute Gasteiger partial charge is 0.224 e. The predicted molar refractivity (Wildman–Crippen MR) is 95.0 cm³/mol. The summed E-state index contributed by atoms with van der Waals surface area (Å²) in [5.41, 5.74) is 0. The molecule has 1 atom stereocenters. The number of piperidine rings is 1. The molecule has 0 aliphatic carbocycles. The minimum atomic E-state index is 0.147. The van der Waals surface area contributed by atoms with Crippen molar-refractivity contribution >= 4 is 5.91 Å². The van der Waals surface area contributed by atoms with Crippen molar-refractivity contribution in [2.75, 3.05) is 26.8 Å². The Hall–Kier alpha value is -2.64. The number of likely N-dealkylation sites (tertiary alicyclic amines) is 1. The van der Waals surface area contributed by atoms with Crippen molar-refractivity contribution in [3.05, 3.63) is 30.1 Å². The summed E-state index contributed by atoms with van der Waals surface area (Å²) in [6, 6.07) is 7.57. The fourth-order valence-corrected chi connectivity index (χ4v) is 3.13. The van der Waals surface area contributed by atoms with Crippen LogP contribution in [-0.2, 0) is 11.3 Å². The minimum absolute atomic E-state index is 0.147. The predicted octanol–water partition coefficient (Wildman–Crippen LogP) is 1.70. The van der Waals surface area contributed by atoms with E-state index < -0.39 is 0 Å². The van der Waals surface area contributed by atoms with Gasteiger partial charge >= 0.3 is 0 Å². The lowest BCUT2D eigenvalue weighted by atomic mass is 9.98. The molecule has 0 bridgehead atoms. The number of aryl methyl sites for hydroxylation is 2. The van der Waals surface area contributed by atoms with E-state index in [-0.39, 0.29) is 5.91 Å². The summed E-state index contributed by atoms with van der Waals surface area (Å²) in [6.07, 6.45) is 2.50. The van der Waals surface area contributed by atoms with Crippen LogP contribution in [0, 0.1) is 12.8 Å². The molecule has 1 amide bonds. The van der Waals surface area contributed by atoms with Crippen molar-refractivity contribution in [1.29, 1.82) is 0 Å². The Morgan fingerprint density at radius 1 is 1.27 bits per heavy atom. The van der Waals surface area contributed by atoms with Gasteiger partial charge in [0.1, 0.15) is 17.3 Å². The molecule has 0 saturated carbocycles. The Morgan fingerprint density at radius 2 is 2.04 bits per heavy atom. The van der Waals surface area contributed by atoms with Gasteiger partial charge in [-0.1, -0.05) is 0 Å². The maximum absolute atomic E-state index is 12.5. The lowest BCUT2D eigenvalue weighted by Crippen LogP contribution is -2.41. The van der Waals surface area contributed by atoms with Crippen molar-refractivity contribution < 1.29 is 14.3 Å². The second kappa shape index (κ2) is 8.64. The second-order valence-electron chi connectivity index (χ2n) is 6.53. The normalized spacial score (nSPS) is 17.2. The van der Waals surface area contributed by atoms with Crippen molar-refractivity contribution in [3.8, 4) is 11.5 Å².